The molecule has 14 heteroatoms. The summed E-state index contributed by atoms with van der Waals surface area (Å²) in [5.74, 6) is -0.443. The minimum Gasteiger partial charge on any atom is -0.348 e. The molecule has 1 fully saturated rings. The summed E-state index contributed by atoms with van der Waals surface area (Å²) in [5.41, 5.74) is -3.48. The first-order chi connectivity index (χ1) is 16.8. The van der Waals surface area contributed by atoms with Crippen LogP contribution in [0.2, 0.25) is 0 Å². The molecule has 4 rings (SSSR count). The molecular formula is C22H19F7N4O3. The Labute approximate surface area is 198 Å². The number of nitrogens with one attached hydrogen (secondary N) is 2. The van der Waals surface area contributed by atoms with Crippen molar-refractivity contribution in [1.29, 1.82) is 0 Å². The first kappa shape index (κ1) is 25.7. The molecule has 0 aliphatic carbocycles. The maximum Gasteiger partial charge on any atom is 0.416 e. The summed E-state index contributed by atoms with van der Waals surface area (Å²) in [6, 6.07) is 5.48. The van der Waals surface area contributed by atoms with Crippen LogP contribution in [0.15, 0.2) is 47.3 Å². The van der Waals surface area contributed by atoms with Crippen molar-refractivity contribution in [1.82, 2.24) is 15.2 Å². The van der Waals surface area contributed by atoms with E-state index in [9.17, 15) is 35.5 Å². The number of aromatic amines is 2. The molecule has 7 nitrogen and oxygen atoms in total. The number of hydrogen-bond donors (Lipinski definition) is 2. The molecule has 1 aliphatic heterocycles. The topological polar surface area (TPSA) is 83.2 Å². The summed E-state index contributed by atoms with van der Waals surface area (Å²) in [4.78, 5) is 15.6. The Kier molecular flexibility index (Phi) is 6.84. The van der Waals surface area contributed by atoms with Crippen LogP contribution in [0.25, 0.3) is 0 Å². The van der Waals surface area contributed by atoms with Gasteiger partial charge < -0.3 is 14.4 Å². The lowest BCUT2D eigenvalue weighted by Gasteiger charge is -2.41. The second-order valence-corrected chi connectivity index (χ2v) is 8.05. The van der Waals surface area contributed by atoms with Gasteiger partial charge in [0.2, 0.25) is 5.95 Å². The molecule has 1 aromatic heterocycles. The zero-order chi connectivity index (χ0) is 26.3. The molecular weight excluding hydrogens is 501 g/mol. The summed E-state index contributed by atoms with van der Waals surface area (Å²) < 4.78 is 105. The molecule has 0 spiro atoms. The molecule has 3 atom stereocenters. The Morgan fingerprint density at radius 2 is 1.67 bits per heavy atom. The van der Waals surface area contributed by atoms with Crippen molar-refractivity contribution in [2.75, 3.05) is 18.1 Å². The van der Waals surface area contributed by atoms with Crippen LogP contribution in [0.1, 0.15) is 41.3 Å². The van der Waals surface area contributed by atoms with E-state index in [1.807, 2.05) is 0 Å². The zero-order valence-electron chi connectivity index (χ0n) is 18.5. The highest BCUT2D eigenvalue weighted by Crippen LogP contribution is 2.40. The lowest BCUT2D eigenvalue weighted by molar-refractivity contribution is -0.192. The van der Waals surface area contributed by atoms with Gasteiger partial charge in [-0.05, 0) is 48.4 Å². The predicted molar refractivity (Wildman–Crippen MR) is 111 cm³/mol. The van der Waals surface area contributed by atoms with Gasteiger partial charge in [-0.3, -0.25) is 4.98 Å². The summed E-state index contributed by atoms with van der Waals surface area (Å²) in [7, 11) is 0. The van der Waals surface area contributed by atoms with Crippen molar-refractivity contribution in [3.05, 3.63) is 81.0 Å². The van der Waals surface area contributed by atoms with Gasteiger partial charge in [0.25, 0.3) is 0 Å². The minimum absolute atomic E-state index is 0.0281. The summed E-state index contributed by atoms with van der Waals surface area (Å²) >= 11 is 0. The van der Waals surface area contributed by atoms with Gasteiger partial charge in [0.05, 0.1) is 23.8 Å². The van der Waals surface area contributed by atoms with Crippen LogP contribution in [-0.4, -0.2) is 34.6 Å². The first-order valence-electron chi connectivity index (χ1n) is 10.6. The van der Waals surface area contributed by atoms with Crippen LogP contribution >= 0.6 is 0 Å². The maximum absolute atomic E-state index is 13.5. The molecule has 0 amide bonds. The number of nitrogens with zero attached hydrogens (tertiary/aromatic N) is 2. The van der Waals surface area contributed by atoms with Crippen LogP contribution in [0.4, 0.5) is 36.7 Å². The third kappa shape index (κ3) is 5.54. The van der Waals surface area contributed by atoms with E-state index in [-0.39, 0.29) is 30.7 Å². The summed E-state index contributed by atoms with van der Waals surface area (Å²) in [5, 5.41) is 6.09. The van der Waals surface area contributed by atoms with Crippen LogP contribution in [-0.2, 0) is 21.8 Å². The number of rotatable bonds is 5. The second kappa shape index (κ2) is 9.58. The number of hydrogen-bond acceptors (Lipinski definition) is 5. The first-order valence-corrected chi connectivity index (χ1v) is 10.6. The largest absolute Gasteiger partial charge is 0.416 e. The molecule has 0 radical (unpaired) electrons. The molecule has 0 bridgehead atoms. The number of ether oxygens (including phenoxy) is 2. The lowest BCUT2D eigenvalue weighted by Crippen LogP contribution is -2.47. The highest BCUT2D eigenvalue weighted by atomic mass is 19.4. The van der Waals surface area contributed by atoms with Crippen LogP contribution in [0.5, 0.6) is 0 Å². The number of alkyl halides is 6. The SMILES string of the molecule is C[C@@H](O[C@H]1OCCN(c2n[nH]c(=O)[nH]2)[C@H]1c1ccc(F)cc1)c1cc(C(F)(F)F)cc(C(F)(F)F)c1. The van der Waals surface area contributed by atoms with E-state index in [1.54, 1.807) is 4.90 Å². The van der Waals surface area contributed by atoms with Crippen LogP contribution in [0.3, 0.4) is 0 Å². The lowest BCUT2D eigenvalue weighted by atomic mass is 10.0. The van der Waals surface area contributed by atoms with Gasteiger partial charge in [-0.25, -0.2) is 14.3 Å². The van der Waals surface area contributed by atoms with E-state index >= 15 is 0 Å². The predicted octanol–water partition coefficient (Wildman–Crippen LogP) is 4.96. The van der Waals surface area contributed by atoms with E-state index in [2.05, 4.69) is 15.2 Å². The van der Waals surface area contributed by atoms with Gasteiger partial charge >= 0.3 is 18.0 Å². The molecule has 0 saturated carbocycles. The quantitative estimate of drug-likeness (QED) is 0.465. The summed E-state index contributed by atoms with van der Waals surface area (Å²) in [6.45, 7) is 1.51. The molecule has 2 aromatic carbocycles. The molecule has 3 aromatic rings. The third-order valence-electron chi connectivity index (χ3n) is 5.60. The molecule has 0 unspecified atom stereocenters. The number of benzene rings is 2. The van der Waals surface area contributed by atoms with Gasteiger partial charge in [0.1, 0.15) is 11.9 Å². The molecule has 2 N–H and O–H groups in total. The number of H-pyrrole nitrogens is 2. The normalized spacial score (nSPS) is 19.9. The van der Waals surface area contributed by atoms with Crippen LogP contribution < -0.4 is 10.6 Å². The fraction of sp³-hybridized carbons (Fsp3) is 0.364. The van der Waals surface area contributed by atoms with Crippen molar-refractivity contribution in [2.24, 2.45) is 0 Å². The highest BCUT2D eigenvalue weighted by Gasteiger charge is 2.40. The van der Waals surface area contributed by atoms with Crippen molar-refractivity contribution >= 4 is 5.95 Å². The van der Waals surface area contributed by atoms with Crippen molar-refractivity contribution in [2.45, 2.75) is 37.7 Å². The number of halogens is 7. The van der Waals surface area contributed by atoms with E-state index in [0.29, 0.717) is 17.7 Å². The maximum atomic E-state index is 13.5. The van der Waals surface area contributed by atoms with Gasteiger partial charge in [-0.1, -0.05) is 12.1 Å². The second-order valence-electron chi connectivity index (χ2n) is 8.05. The van der Waals surface area contributed by atoms with Crippen molar-refractivity contribution in [3.8, 4) is 0 Å². The number of morpholine rings is 1. The fourth-order valence-electron chi connectivity index (χ4n) is 3.88. The molecule has 1 aliphatic rings. The van der Waals surface area contributed by atoms with E-state index in [0.717, 1.165) is 12.1 Å². The smallest absolute Gasteiger partial charge is 0.348 e. The van der Waals surface area contributed by atoms with E-state index < -0.39 is 53.4 Å². The molecule has 1 saturated heterocycles. The van der Waals surface area contributed by atoms with Crippen LogP contribution in [0, 0.1) is 5.82 Å². The van der Waals surface area contributed by atoms with Gasteiger partial charge in [0.15, 0.2) is 6.29 Å². The third-order valence-corrected chi connectivity index (χ3v) is 5.60. The Morgan fingerprint density at radius 3 is 2.19 bits per heavy atom. The van der Waals surface area contributed by atoms with E-state index in [1.165, 1.54) is 19.1 Å². The van der Waals surface area contributed by atoms with Gasteiger partial charge in [-0.2, -0.15) is 26.3 Å². The molecule has 36 heavy (non-hydrogen) atoms. The van der Waals surface area contributed by atoms with Gasteiger partial charge in [-0.15, -0.1) is 5.10 Å². The van der Waals surface area contributed by atoms with E-state index in [4.69, 9.17) is 9.47 Å². The highest BCUT2D eigenvalue weighted by molar-refractivity contribution is 5.38. The Bertz CT molecular complexity index is 1220. The monoisotopic (exact) mass is 520 g/mol. The number of aromatic nitrogens is 3. The molecule has 2 heterocycles. The Hall–Kier alpha value is -3.39. The fourth-order valence-corrected chi connectivity index (χ4v) is 3.88. The average Bonchev–Trinajstić information content (AvgIpc) is 3.24. The minimum atomic E-state index is -5.02. The van der Waals surface area contributed by atoms with Crippen molar-refractivity contribution in [3.63, 3.8) is 0 Å². The zero-order valence-corrected chi connectivity index (χ0v) is 18.5. The Morgan fingerprint density at radius 1 is 1.06 bits per heavy atom. The average molecular weight is 520 g/mol. The van der Waals surface area contributed by atoms with Crippen molar-refractivity contribution < 1.29 is 40.2 Å². The standard InChI is InChI=1S/C22H19F7N4O3/c1-11(13-8-14(21(24,25)26)10-15(9-13)22(27,28)29)36-18-17(12-2-4-16(23)5-3-12)33(6-7-35-18)19-30-20(34)32-31-19/h2-5,8-11,17-18H,6-7H2,1H3,(H2,30,31,32,34)/t11-,17+,18-/m1/s1. The number of anilines is 1. The summed E-state index contributed by atoms with van der Waals surface area (Å²) in [6.07, 6.45) is -12.5. The Balaban J connectivity index is 1.70. The van der Waals surface area contributed by atoms with Gasteiger partial charge in [0, 0.05) is 6.54 Å². The molecule has 194 valence electrons.